The second kappa shape index (κ2) is 4.66. The Labute approximate surface area is 104 Å². The molecule has 0 aliphatic carbocycles. The molecule has 2 rings (SSSR count). The van der Waals surface area contributed by atoms with E-state index in [1.807, 2.05) is 6.07 Å². The number of nitrogens with zero attached hydrogens (tertiary/aromatic N) is 1. The standard InChI is InChI=1S/C12H14N2O4/c1-18-11(15)10-8-5-3-2-4-7(8)9(13)6-14(10)12(16)17/h2-5,9-10H,6,13H2,1H3,(H,16,17). The largest absolute Gasteiger partial charge is 0.467 e. The zero-order valence-corrected chi connectivity index (χ0v) is 9.87. The first-order valence-electron chi connectivity index (χ1n) is 5.48. The molecule has 0 saturated heterocycles. The third-order valence-corrected chi connectivity index (χ3v) is 3.07. The van der Waals surface area contributed by atoms with Crippen LogP contribution >= 0.6 is 0 Å². The first kappa shape index (κ1) is 12.4. The van der Waals surface area contributed by atoms with Crippen LogP contribution in [-0.4, -0.2) is 35.7 Å². The van der Waals surface area contributed by atoms with E-state index in [1.165, 1.54) is 7.11 Å². The van der Waals surface area contributed by atoms with Gasteiger partial charge in [0.15, 0.2) is 6.04 Å². The summed E-state index contributed by atoms with van der Waals surface area (Å²) in [7, 11) is 1.24. The maximum atomic E-state index is 11.8. The molecule has 0 spiro atoms. The Hall–Kier alpha value is -2.08. The summed E-state index contributed by atoms with van der Waals surface area (Å²) < 4.78 is 4.68. The molecule has 6 heteroatoms. The summed E-state index contributed by atoms with van der Waals surface area (Å²) >= 11 is 0. The van der Waals surface area contributed by atoms with Crippen molar-refractivity contribution < 1.29 is 19.4 Å². The van der Waals surface area contributed by atoms with Crippen molar-refractivity contribution in [2.24, 2.45) is 5.73 Å². The van der Waals surface area contributed by atoms with E-state index in [-0.39, 0.29) is 6.54 Å². The van der Waals surface area contributed by atoms with Gasteiger partial charge in [-0.25, -0.2) is 9.59 Å². The SMILES string of the molecule is COC(=O)C1c2ccccc2C(N)CN1C(=O)O. The van der Waals surface area contributed by atoms with Gasteiger partial charge in [-0.1, -0.05) is 24.3 Å². The van der Waals surface area contributed by atoms with Crippen molar-refractivity contribution in [3.63, 3.8) is 0 Å². The number of amides is 1. The highest BCUT2D eigenvalue weighted by atomic mass is 16.5. The number of carbonyl (C=O) groups is 2. The summed E-state index contributed by atoms with van der Waals surface area (Å²) in [5.74, 6) is -0.600. The summed E-state index contributed by atoms with van der Waals surface area (Å²) in [6.45, 7) is 0.0755. The number of benzene rings is 1. The molecule has 1 aromatic rings. The van der Waals surface area contributed by atoms with E-state index in [1.54, 1.807) is 18.2 Å². The lowest BCUT2D eigenvalue weighted by molar-refractivity contribution is -0.147. The zero-order chi connectivity index (χ0) is 13.3. The second-order valence-electron chi connectivity index (χ2n) is 4.10. The first-order chi connectivity index (χ1) is 8.56. The smallest absolute Gasteiger partial charge is 0.408 e. The lowest BCUT2D eigenvalue weighted by atomic mass is 9.90. The van der Waals surface area contributed by atoms with Crippen LogP contribution in [0.5, 0.6) is 0 Å². The molecule has 1 amide bonds. The normalized spacial score (nSPS) is 22.2. The van der Waals surface area contributed by atoms with E-state index >= 15 is 0 Å². The Morgan fingerprint density at radius 2 is 2.00 bits per heavy atom. The molecule has 2 unspecified atom stereocenters. The van der Waals surface area contributed by atoms with Gasteiger partial charge < -0.3 is 15.6 Å². The maximum absolute atomic E-state index is 11.8. The molecule has 1 aliphatic heterocycles. The Morgan fingerprint density at radius 1 is 1.39 bits per heavy atom. The number of nitrogens with two attached hydrogens (primary N) is 1. The number of rotatable bonds is 1. The molecule has 0 saturated carbocycles. The van der Waals surface area contributed by atoms with E-state index in [2.05, 4.69) is 4.74 Å². The van der Waals surface area contributed by atoms with Crippen LogP contribution in [0, 0.1) is 0 Å². The number of esters is 1. The van der Waals surface area contributed by atoms with Crippen LogP contribution in [-0.2, 0) is 9.53 Å². The fourth-order valence-corrected chi connectivity index (χ4v) is 2.24. The van der Waals surface area contributed by atoms with E-state index in [9.17, 15) is 9.59 Å². The summed E-state index contributed by atoms with van der Waals surface area (Å²) in [5.41, 5.74) is 7.29. The highest BCUT2D eigenvalue weighted by molar-refractivity contribution is 5.83. The van der Waals surface area contributed by atoms with Crippen LogP contribution in [0.3, 0.4) is 0 Å². The zero-order valence-electron chi connectivity index (χ0n) is 9.87. The second-order valence-corrected chi connectivity index (χ2v) is 4.10. The molecule has 0 aromatic heterocycles. The minimum absolute atomic E-state index is 0.0755. The number of hydrogen-bond acceptors (Lipinski definition) is 4. The van der Waals surface area contributed by atoms with Gasteiger partial charge in [-0.05, 0) is 11.1 Å². The summed E-state index contributed by atoms with van der Waals surface area (Å²) in [6, 6.07) is 5.68. The number of methoxy groups -OCH3 is 1. The minimum atomic E-state index is -1.18. The molecule has 6 nitrogen and oxygen atoms in total. The summed E-state index contributed by atoms with van der Waals surface area (Å²) in [5, 5.41) is 9.16. The van der Waals surface area contributed by atoms with E-state index in [0.29, 0.717) is 5.56 Å². The van der Waals surface area contributed by atoms with Gasteiger partial charge in [-0.3, -0.25) is 4.90 Å². The number of ether oxygens (including phenoxy) is 1. The molecule has 2 atom stereocenters. The number of carbonyl (C=O) groups excluding carboxylic acids is 1. The van der Waals surface area contributed by atoms with Gasteiger partial charge in [0.2, 0.25) is 0 Å². The predicted octanol–water partition coefficient (Wildman–Crippen LogP) is 0.894. The van der Waals surface area contributed by atoms with Crippen molar-refractivity contribution >= 4 is 12.1 Å². The van der Waals surface area contributed by atoms with Crippen molar-refractivity contribution in [1.82, 2.24) is 4.90 Å². The number of hydrogen-bond donors (Lipinski definition) is 2. The van der Waals surface area contributed by atoms with Crippen molar-refractivity contribution in [2.45, 2.75) is 12.1 Å². The van der Waals surface area contributed by atoms with E-state index < -0.39 is 24.1 Å². The van der Waals surface area contributed by atoms with Gasteiger partial charge in [0.1, 0.15) is 0 Å². The van der Waals surface area contributed by atoms with Gasteiger partial charge in [-0.2, -0.15) is 0 Å². The molecule has 0 radical (unpaired) electrons. The maximum Gasteiger partial charge on any atom is 0.408 e. The number of fused-ring (bicyclic) bond motifs is 1. The van der Waals surface area contributed by atoms with Crippen molar-refractivity contribution in [2.75, 3.05) is 13.7 Å². The third-order valence-electron chi connectivity index (χ3n) is 3.07. The van der Waals surface area contributed by atoms with Crippen molar-refractivity contribution in [3.8, 4) is 0 Å². The highest BCUT2D eigenvalue weighted by Gasteiger charge is 2.39. The fraction of sp³-hybridized carbons (Fsp3) is 0.333. The Morgan fingerprint density at radius 3 is 2.56 bits per heavy atom. The molecular weight excluding hydrogens is 236 g/mol. The average Bonchev–Trinajstić information content (AvgIpc) is 2.37. The lowest BCUT2D eigenvalue weighted by Crippen LogP contribution is -2.46. The Bertz CT molecular complexity index is 489. The molecule has 1 heterocycles. The molecule has 0 fully saturated rings. The Kier molecular flexibility index (Phi) is 3.20. The average molecular weight is 250 g/mol. The monoisotopic (exact) mass is 250 g/mol. The number of carboxylic acid groups (broad SMARTS) is 1. The summed E-state index contributed by atoms with van der Waals surface area (Å²) in [4.78, 5) is 24.0. The van der Waals surface area contributed by atoms with Crippen LogP contribution in [0.4, 0.5) is 4.79 Å². The molecular formula is C12H14N2O4. The molecule has 18 heavy (non-hydrogen) atoms. The third kappa shape index (κ3) is 1.91. The van der Waals surface area contributed by atoms with Gasteiger partial charge in [0.25, 0.3) is 0 Å². The van der Waals surface area contributed by atoms with Gasteiger partial charge in [0.05, 0.1) is 7.11 Å². The minimum Gasteiger partial charge on any atom is -0.467 e. The molecule has 1 aromatic carbocycles. The van der Waals surface area contributed by atoms with Gasteiger partial charge in [-0.15, -0.1) is 0 Å². The lowest BCUT2D eigenvalue weighted by Gasteiger charge is -2.36. The van der Waals surface area contributed by atoms with Crippen LogP contribution < -0.4 is 5.73 Å². The van der Waals surface area contributed by atoms with E-state index in [0.717, 1.165) is 10.5 Å². The van der Waals surface area contributed by atoms with Gasteiger partial charge >= 0.3 is 12.1 Å². The van der Waals surface area contributed by atoms with Gasteiger partial charge in [0, 0.05) is 12.6 Å². The van der Waals surface area contributed by atoms with Crippen LogP contribution in [0.2, 0.25) is 0 Å². The summed E-state index contributed by atoms with van der Waals surface area (Å²) in [6.07, 6.45) is -1.18. The quantitative estimate of drug-likeness (QED) is 0.722. The van der Waals surface area contributed by atoms with Crippen molar-refractivity contribution in [3.05, 3.63) is 35.4 Å². The molecule has 96 valence electrons. The molecule has 3 N–H and O–H groups in total. The topological polar surface area (TPSA) is 92.9 Å². The van der Waals surface area contributed by atoms with Crippen molar-refractivity contribution in [1.29, 1.82) is 0 Å². The van der Waals surface area contributed by atoms with E-state index in [4.69, 9.17) is 10.8 Å². The van der Waals surface area contributed by atoms with Crippen LogP contribution in [0.15, 0.2) is 24.3 Å². The molecule has 1 aliphatic rings. The fourth-order valence-electron chi connectivity index (χ4n) is 2.24. The van der Waals surface area contributed by atoms with Crippen LogP contribution in [0.1, 0.15) is 23.2 Å². The Balaban J connectivity index is 2.52. The van der Waals surface area contributed by atoms with Crippen LogP contribution in [0.25, 0.3) is 0 Å². The predicted molar refractivity (Wildman–Crippen MR) is 62.9 cm³/mol. The molecule has 0 bridgehead atoms. The highest BCUT2D eigenvalue weighted by Crippen LogP contribution is 2.34. The first-order valence-corrected chi connectivity index (χ1v) is 5.48.